The van der Waals surface area contributed by atoms with E-state index in [-0.39, 0.29) is 0 Å². The van der Waals surface area contributed by atoms with Gasteiger partial charge in [0.15, 0.2) is 0 Å². The number of nitrogen functional groups attached to an aromatic ring is 1. The van der Waals surface area contributed by atoms with Gasteiger partial charge >= 0.3 is 0 Å². The van der Waals surface area contributed by atoms with Crippen molar-refractivity contribution >= 4 is 5.69 Å². The van der Waals surface area contributed by atoms with Gasteiger partial charge in [-0.1, -0.05) is 13.0 Å². The van der Waals surface area contributed by atoms with Crippen molar-refractivity contribution in [3.63, 3.8) is 0 Å². The fourth-order valence-corrected chi connectivity index (χ4v) is 3.39. The lowest BCUT2D eigenvalue weighted by Gasteiger charge is -2.39. The van der Waals surface area contributed by atoms with Crippen LogP contribution in [0.1, 0.15) is 36.9 Å². The van der Waals surface area contributed by atoms with Crippen LogP contribution in [0.15, 0.2) is 18.2 Å². The van der Waals surface area contributed by atoms with Crippen LogP contribution in [0.25, 0.3) is 0 Å². The zero-order chi connectivity index (χ0) is 12.5. The molecule has 0 aromatic heterocycles. The monoisotopic (exact) mass is 246 g/mol. The number of anilines is 1. The highest BCUT2D eigenvalue weighted by molar-refractivity contribution is 5.47. The smallest absolute Gasteiger partial charge is 0.0622 e. The first-order valence-corrected chi connectivity index (χ1v) is 7.01. The molecule has 2 aliphatic rings. The molecule has 1 heterocycles. The Labute approximate surface area is 109 Å². The number of aryl methyl sites for hydroxylation is 1. The normalized spacial score (nSPS) is 28.3. The van der Waals surface area contributed by atoms with Crippen molar-refractivity contribution in [3.8, 4) is 0 Å². The van der Waals surface area contributed by atoms with Crippen molar-refractivity contribution in [2.24, 2.45) is 0 Å². The number of ether oxygens (including phenoxy) is 1. The highest BCUT2D eigenvalue weighted by atomic mass is 16.5. The lowest BCUT2D eigenvalue weighted by Crippen LogP contribution is -2.46. The summed E-state index contributed by atoms with van der Waals surface area (Å²) in [7, 11) is 0. The average Bonchev–Trinajstić information content (AvgIpc) is 2.81. The predicted molar refractivity (Wildman–Crippen MR) is 73.5 cm³/mol. The van der Waals surface area contributed by atoms with E-state index in [2.05, 4.69) is 24.0 Å². The molecule has 1 aliphatic heterocycles. The molecule has 3 heteroatoms. The third kappa shape index (κ3) is 2.02. The van der Waals surface area contributed by atoms with Crippen molar-refractivity contribution in [1.82, 2.24) is 4.90 Å². The molecule has 1 aliphatic carbocycles. The quantitative estimate of drug-likeness (QED) is 0.814. The Morgan fingerprint density at radius 1 is 1.44 bits per heavy atom. The van der Waals surface area contributed by atoms with Crippen LogP contribution in [-0.4, -0.2) is 30.7 Å². The Hall–Kier alpha value is -1.06. The highest BCUT2D eigenvalue weighted by Gasteiger charge is 2.33. The van der Waals surface area contributed by atoms with Crippen LogP contribution < -0.4 is 5.73 Å². The van der Waals surface area contributed by atoms with Gasteiger partial charge in [0.05, 0.1) is 13.2 Å². The molecule has 3 rings (SSSR count). The van der Waals surface area contributed by atoms with Crippen LogP contribution in [0, 0.1) is 0 Å². The minimum Gasteiger partial charge on any atom is -0.399 e. The van der Waals surface area contributed by atoms with Gasteiger partial charge in [-0.25, -0.2) is 0 Å². The van der Waals surface area contributed by atoms with Crippen molar-refractivity contribution in [2.45, 2.75) is 38.3 Å². The Bertz CT molecular complexity index is 433. The van der Waals surface area contributed by atoms with E-state index in [4.69, 9.17) is 10.5 Å². The fourth-order valence-electron chi connectivity index (χ4n) is 3.39. The minimum atomic E-state index is 0.576. The summed E-state index contributed by atoms with van der Waals surface area (Å²) in [5.41, 5.74) is 9.70. The molecule has 2 unspecified atom stereocenters. The molecule has 0 saturated carbocycles. The lowest BCUT2D eigenvalue weighted by molar-refractivity contribution is -0.0305. The molecule has 1 aromatic rings. The molecular weight excluding hydrogens is 224 g/mol. The number of benzene rings is 1. The zero-order valence-corrected chi connectivity index (χ0v) is 11.1. The summed E-state index contributed by atoms with van der Waals surface area (Å²) >= 11 is 0. The van der Waals surface area contributed by atoms with Crippen molar-refractivity contribution < 1.29 is 4.74 Å². The first kappa shape index (κ1) is 12.0. The van der Waals surface area contributed by atoms with Gasteiger partial charge in [0.2, 0.25) is 0 Å². The molecule has 2 atom stereocenters. The third-order valence-electron chi connectivity index (χ3n) is 4.36. The molecule has 0 bridgehead atoms. The van der Waals surface area contributed by atoms with E-state index in [9.17, 15) is 0 Å². The van der Waals surface area contributed by atoms with E-state index < -0.39 is 0 Å². The maximum absolute atomic E-state index is 5.87. The molecule has 1 saturated heterocycles. The topological polar surface area (TPSA) is 38.5 Å². The molecule has 1 fully saturated rings. The van der Waals surface area contributed by atoms with Crippen molar-refractivity contribution in [3.05, 3.63) is 29.3 Å². The first-order valence-electron chi connectivity index (χ1n) is 7.01. The fraction of sp³-hybridized carbons (Fsp3) is 0.600. The summed E-state index contributed by atoms with van der Waals surface area (Å²) < 4.78 is 5.61. The highest BCUT2D eigenvalue weighted by Crippen LogP contribution is 2.38. The first-order chi connectivity index (χ1) is 8.79. The Kier molecular flexibility index (Phi) is 3.27. The number of hydrogen-bond acceptors (Lipinski definition) is 3. The van der Waals surface area contributed by atoms with Crippen molar-refractivity contribution in [2.75, 3.05) is 25.5 Å². The van der Waals surface area contributed by atoms with Gasteiger partial charge in [-0.2, -0.15) is 0 Å². The zero-order valence-electron chi connectivity index (χ0n) is 11.1. The van der Waals surface area contributed by atoms with Crippen LogP contribution in [0.3, 0.4) is 0 Å². The van der Waals surface area contributed by atoms with Crippen LogP contribution >= 0.6 is 0 Å². The van der Waals surface area contributed by atoms with E-state index in [0.717, 1.165) is 25.4 Å². The van der Waals surface area contributed by atoms with Gasteiger partial charge < -0.3 is 10.5 Å². The van der Waals surface area contributed by atoms with E-state index in [1.807, 2.05) is 6.07 Å². The second-order valence-corrected chi connectivity index (χ2v) is 5.39. The number of hydrogen-bond donors (Lipinski definition) is 1. The number of nitrogens with zero attached hydrogens (tertiary/aromatic N) is 1. The van der Waals surface area contributed by atoms with Crippen LogP contribution in [0.5, 0.6) is 0 Å². The lowest BCUT2D eigenvalue weighted by atomic mass is 10.0. The molecule has 0 radical (unpaired) electrons. The maximum Gasteiger partial charge on any atom is 0.0622 e. The van der Waals surface area contributed by atoms with E-state index in [1.165, 1.54) is 30.4 Å². The number of morpholine rings is 1. The molecule has 0 spiro atoms. The number of rotatable bonds is 2. The minimum absolute atomic E-state index is 0.576. The second-order valence-electron chi connectivity index (χ2n) is 5.39. The van der Waals surface area contributed by atoms with E-state index in [0.29, 0.717) is 12.1 Å². The second kappa shape index (κ2) is 4.90. The summed E-state index contributed by atoms with van der Waals surface area (Å²) in [4.78, 5) is 2.64. The summed E-state index contributed by atoms with van der Waals surface area (Å²) in [6, 6.07) is 7.57. The molecule has 1 aromatic carbocycles. The average molecular weight is 246 g/mol. The SMILES string of the molecule is CCC1COCCN1C1CCc2cc(N)ccc21. The molecule has 98 valence electrons. The van der Waals surface area contributed by atoms with Crippen LogP contribution in [-0.2, 0) is 11.2 Å². The van der Waals surface area contributed by atoms with E-state index >= 15 is 0 Å². The molecular formula is C15H22N2O. The Balaban J connectivity index is 1.86. The molecule has 0 amide bonds. The summed E-state index contributed by atoms with van der Waals surface area (Å²) in [5, 5.41) is 0. The molecule has 2 N–H and O–H groups in total. The van der Waals surface area contributed by atoms with Gasteiger partial charge in [0, 0.05) is 24.3 Å². The third-order valence-corrected chi connectivity index (χ3v) is 4.36. The van der Waals surface area contributed by atoms with Gasteiger partial charge in [0.1, 0.15) is 0 Å². The molecule has 18 heavy (non-hydrogen) atoms. The van der Waals surface area contributed by atoms with Crippen LogP contribution in [0.2, 0.25) is 0 Å². The van der Waals surface area contributed by atoms with Gasteiger partial charge in [-0.15, -0.1) is 0 Å². The van der Waals surface area contributed by atoms with Crippen molar-refractivity contribution in [1.29, 1.82) is 0 Å². The largest absolute Gasteiger partial charge is 0.399 e. The standard InChI is InChI=1S/C15H22N2O/c1-2-13-10-18-8-7-17(13)15-6-3-11-9-12(16)4-5-14(11)15/h4-5,9,13,15H,2-3,6-8,10,16H2,1H3. The summed E-state index contributed by atoms with van der Waals surface area (Å²) in [5.74, 6) is 0. The summed E-state index contributed by atoms with van der Waals surface area (Å²) in [6.45, 7) is 5.08. The van der Waals surface area contributed by atoms with Crippen LogP contribution in [0.4, 0.5) is 5.69 Å². The maximum atomic E-state index is 5.87. The Morgan fingerprint density at radius 2 is 2.33 bits per heavy atom. The van der Waals surface area contributed by atoms with E-state index in [1.54, 1.807) is 0 Å². The van der Waals surface area contributed by atoms with Gasteiger partial charge in [-0.3, -0.25) is 4.90 Å². The van der Waals surface area contributed by atoms with Gasteiger partial charge in [0.25, 0.3) is 0 Å². The Morgan fingerprint density at radius 3 is 3.17 bits per heavy atom. The number of fused-ring (bicyclic) bond motifs is 1. The van der Waals surface area contributed by atoms with Gasteiger partial charge in [-0.05, 0) is 42.5 Å². The predicted octanol–water partition coefficient (Wildman–Crippen LogP) is 2.37. The summed E-state index contributed by atoms with van der Waals surface area (Å²) in [6.07, 6.45) is 3.56. The number of nitrogens with two attached hydrogens (primary N) is 1. The molecule has 3 nitrogen and oxygen atoms in total.